The highest BCUT2D eigenvalue weighted by molar-refractivity contribution is 8.00. The summed E-state index contributed by atoms with van der Waals surface area (Å²) in [7, 11) is 0. The third-order valence-electron chi connectivity index (χ3n) is 4.38. The van der Waals surface area contributed by atoms with Gasteiger partial charge in [0.25, 0.3) is 0 Å². The van der Waals surface area contributed by atoms with Crippen LogP contribution in [0.3, 0.4) is 0 Å². The first-order valence-electron chi connectivity index (χ1n) is 9.20. The average Bonchev–Trinajstić information content (AvgIpc) is 3.15. The Labute approximate surface area is 168 Å². The molecule has 28 heavy (non-hydrogen) atoms. The van der Waals surface area contributed by atoms with Gasteiger partial charge in [-0.2, -0.15) is 0 Å². The summed E-state index contributed by atoms with van der Waals surface area (Å²) in [6.45, 7) is 3.81. The SMILES string of the molecule is C[C@@H](CCc1ccccc1)NC(=O)[C@@H](C)Sc1nncn1-c1ccccc1F. The van der Waals surface area contributed by atoms with Crippen molar-refractivity contribution in [2.75, 3.05) is 0 Å². The summed E-state index contributed by atoms with van der Waals surface area (Å²) in [4.78, 5) is 12.5. The van der Waals surface area contributed by atoms with Crippen LogP contribution < -0.4 is 5.32 Å². The Morgan fingerprint density at radius 1 is 1.14 bits per heavy atom. The number of carbonyl (C=O) groups excluding carboxylic acids is 1. The van der Waals surface area contributed by atoms with E-state index in [1.807, 2.05) is 32.0 Å². The van der Waals surface area contributed by atoms with Gasteiger partial charge in [-0.25, -0.2) is 4.39 Å². The van der Waals surface area contributed by atoms with Crippen LogP contribution in [0, 0.1) is 5.82 Å². The number of rotatable bonds is 8. The van der Waals surface area contributed by atoms with Gasteiger partial charge in [0.1, 0.15) is 12.1 Å². The number of hydrogen-bond donors (Lipinski definition) is 1. The van der Waals surface area contributed by atoms with Crippen LogP contribution in [0.2, 0.25) is 0 Å². The summed E-state index contributed by atoms with van der Waals surface area (Å²) < 4.78 is 15.6. The average molecular weight is 399 g/mol. The van der Waals surface area contributed by atoms with Crippen molar-refractivity contribution in [1.29, 1.82) is 0 Å². The lowest BCUT2D eigenvalue weighted by molar-refractivity contribution is -0.120. The lowest BCUT2D eigenvalue weighted by atomic mass is 10.1. The summed E-state index contributed by atoms with van der Waals surface area (Å²) in [5.41, 5.74) is 1.61. The Morgan fingerprint density at radius 2 is 1.86 bits per heavy atom. The molecule has 0 spiro atoms. The molecule has 1 amide bonds. The molecule has 0 aliphatic rings. The number of thioether (sulfide) groups is 1. The Kier molecular flexibility index (Phi) is 6.81. The summed E-state index contributed by atoms with van der Waals surface area (Å²) in [5.74, 6) is -0.440. The van der Waals surface area contributed by atoms with E-state index < -0.39 is 0 Å². The first-order valence-corrected chi connectivity index (χ1v) is 10.1. The fourth-order valence-corrected chi connectivity index (χ4v) is 3.63. The molecule has 2 aromatic carbocycles. The minimum absolute atomic E-state index is 0.0557. The Balaban J connectivity index is 1.56. The first kappa shape index (κ1) is 20.1. The molecular weight excluding hydrogens is 375 g/mol. The van der Waals surface area contributed by atoms with Gasteiger partial charge < -0.3 is 5.32 Å². The van der Waals surface area contributed by atoms with E-state index in [0.29, 0.717) is 10.8 Å². The normalized spacial score (nSPS) is 13.1. The Bertz CT molecular complexity index is 916. The molecule has 7 heteroatoms. The lowest BCUT2D eigenvalue weighted by Gasteiger charge is -2.17. The highest BCUT2D eigenvalue weighted by atomic mass is 32.2. The second-order valence-electron chi connectivity index (χ2n) is 6.63. The standard InChI is InChI=1S/C21H23FN4OS/c1-15(12-13-17-8-4-3-5-9-17)24-20(27)16(2)28-21-25-23-14-26(21)19-11-7-6-10-18(19)22/h3-11,14-16H,12-13H2,1-2H3,(H,24,27)/t15-,16+/m0/s1. The van der Waals surface area contributed by atoms with Gasteiger partial charge in [-0.15, -0.1) is 10.2 Å². The van der Waals surface area contributed by atoms with Crippen molar-refractivity contribution in [3.8, 4) is 5.69 Å². The van der Waals surface area contributed by atoms with Gasteiger partial charge in [-0.1, -0.05) is 54.2 Å². The zero-order chi connectivity index (χ0) is 19.9. The monoisotopic (exact) mass is 398 g/mol. The smallest absolute Gasteiger partial charge is 0.233 e. The number of nitrogens with zero attached hydrogens (tertiary/aromatic N) is 3. The highest BCUT2D eigenvalue weighted by Gasteiger charge is 2.20. The maximum absolute atomic E-state index is 14.1. The zero-order valence-corrected chi connectivity index (χ0v) is 16.7. The molecule has 0 saturated carbocycles. The van der Waals surface area contributed by atoms with Gasteiger partial charge in [0.05, 0.1) is 10.9 Å². The Hall–Kier alpha value is -2.67. The molecule has 146 valence electrons. The molecule has 1 aromatic heterocycles. The Morgan fingerprint density at radius 3 is 2.61 bits per heavy atom. The first-order chi connectivity index (χ1) is 13.5. The number of aryl methyl sites for hydroxylation is 1. The maximum atomic E-state index is 14.1. The fraction of sp³-hybridized carbons (Fsp3) is 0.286. The second kappa shape index (κ2) is 9.50. The van der Waals surface area contributed by atoms with E-state index in [9.17, 15) is 9.18 Å². The van der Waals surface area contributed by atoms with E-state index in [-0.39, 0.29) is 23.0 Å². The van der Waals surface area contributed by atoms with E-state index in [0.717, 1.165) is 12.8 Å². The molecule has 0 aliphatic heterocycles. The minimum atomic E-state index is -0.381. The summed E-state index contributed by atoms with van der Waals surface area (Å²) in [6.07, 6.45) is 3.22. The van der Waals surface area contributed by atoms with Gasteiger partial charge in [0.2, 0.25) is 5.91 Å². The van der Waals surface area contributed by atoms with Crippen molar-refractivity contribution in [3.63, 3.8) is 0 Å². The van der Waals surface area contributed by atoms with Crippen LogP contribution in [0.4, 0.5) is 4.39 Å². The van der Waals surface area contributed by atoms with Crippen LogP contribution in [0.1, 0.15) is 25.8 Å². The number of nitrogens with one attached hydrogen (secondary N) is 1. The van der Waals surface area contributed by atoms with Gasteiger partial charge in [-0.3, -0.25) is 9.36 Å². The summed E-state index contributed by atoms with van der Waals surface area (Å²) in [6, 6.07) is 16.7. The van der Waals surface area contributed by atoms with Crippen molar-refractivity contribution in [2.45, 2.75) is 43.1 Å². The lowest BCUT2D eigenvalue weighted by Crippen LogP contribution is -2.38. The predicted octanol–water partition coefficient (Wildman–Crippen LogP) is 4.02. The van der Waals surface area contributed by atoms with Crippen LogP contribution in [0.25, 0.3) is 5.69 Å². The van der Waals surface area contributed by atoms with Crippen molar-refractivity contribution in [1.82, 2.24) is 20.1 Å². The number of para-hydroxylation sites is 1. The molecule has 5 nitrogen and oxygen atoms in total. The van der Waals surface area contributed by atoms with Gasteiger partial charge in [-0.05, 0) is 44.4 Å². The molecule has 0 fully saturated rings. The van der Waals surface area contributed by atoms with Crippen LogP contribution in [0.15, 0.2) is 66.1 Å². The molecule has 0 radical (unpaired) electrons. The quantitative estimate of drug-likeness (QED) is 0.582. The molecule has 2 atom stereocenters. The van der Waals surface area contributed by atoms with Gasteiger partial charge >= 0.3 is 0 Å². The summed E-state index contributed by atoms with van der Waals surface area (Å²) >= 11 is 1.26. The van der Waals surface area contributed by atoms with Crippen molar-refractivity contribution >= 4 is 17.7 Å². The topological polar surface area (TPSA) is 59.8 Å². The third kappa shape index (κ3) is 5.19. The van der Waals surface area contributed by atoms with E-state index in [4.69, 9.17) is 0 Å². The largest absolute Gasteiger partial charge is 0.353 e. The van der Waals surface area contributed by atoms with Crippen LogP contribution >= 0.6 is 11.8 Å². The van der Waals surface area contributed by atoms with E-state index in [1.54, 1.807) is 22.8 Å². The minimum Gasteiger partial charge on any atom is -0.353 e. The number of carbonyl (C=O) groups is 1. The van der Waals surface area contributed by atoms with E-state index in [2.05, 4.69) is 27.6 Å². The predicted molar refractivity (Wildman–Crippen MR) is 109 cm³/mol. The molecule has 0 saturated heterocycles. The molecule has 0 bridgehead atoms. The number of benzene rings is 2. The number of hydrogen-bond acceptors (Lipinski definition) is 4. The van der Waals surface area contributed by atoms with Gasteiger partial charge in [0.15, 0.2) is 5.16 Å². The maximum Gasteiger partial charge on any atom is 0.233 e. The molecule has 1 N–H and O–H groups in total. The summed E-state index contributed by atoms with van der Waals surface area (Å²) in [5, 5.41) is 11.0. The zero-order valence-electron chi connectivity index (χ0n) is 15.9. The number of aromatic nitrogens is 3. The molecule has 3 aromatic rings. The molecule has 3 rings (SSSR count). The molecule has 0 unspecified atom stereocenters. The number of amides is 1. The second-order valence-corrected chi connectivity index (χ2v) is 7.94. The van der Waals surface area contributed by atoms with Crippen molar-refractivity contribution in [3.05, 3.63) is 72.3 Å². The van der Waals surface area contributed by atoms with Crippen molar-refractivity contribution in [2.24, 2.45) is 0 Å². The van der Waals surface area contributed by atoms with E-state index in [1.165, 1.54) is 29.7 Å². The fourth-order valence-electron chi connectivity index (χ4n) is 2.79. The van der Waals surface area contributed by atoms with Crippen molar-refractivity contribution < 1.29 is 9.18 Å². The molecule has 0 aliphatic carbocycles. The van der Waals surface area contributed by atoms with Gasteiger partial charge in [0, 0.05) is 6.04 Å². The number of halogens is 1. The van der Waals surface area contributed by atoms with Crippen LogP contribution in [0.5, 0.6) is 0 Å². The third-order valence-corrected chi connectivity index (χ3v) is 5.43. The molecule has 1 heterocycles. The van der Waals surface area contributed by atoms with E-state index >= 15 is 0 Å². The highest BCUT2D eigenvalue weighted by Crippen LogP contribution is 2.25. The van der Waals surface area contributed by atoms with Crippen LogP contribution in [-0.2, 0) is 11.2 Å². The van der Waals surface area contributed by atoms with Crippen LogP contribution in [-0.4, -0.2) is 32.0 Å². The molecular formula is C21H23FN4OS.